The first kappa shape index (κ1) is 22.0. The number of piperidine rings is 1. The molecule has 8 nitrogen and oxygen atoms in total. The van der Waals surface area contributed by atoms with Crippen molar-refractivity contribution >= 4 is 21.6 Å². The van der Waals surface area contributed by atoms with E-state index in [-0.39, 0.29) is 16.7 Å². The summed E-state index contributed by atoms with van der Waals surface area (Å²) in [6.45, 7) is 5.96. The van der Waals surface area contributed by atoms with E-state index in [1.807, 2.05) is 17.6 Å². The predicted octanol–water partition coefficient (Wildman–Crippen LogP) is 3.43. The number of likely N-dealkylation sites (tertiary alicyclic amines) is 1. The van der Waals surface area contributed by atoms with Gasteiger partial charge in [0.05, 0.1) is 4.90 Å². The molecule has 1 aromatic heterocycles. The Morgan fingerprint density at radius 1 is 1.12 bits per heavy atom. The molecular formula is C23H27N5O3S. The molecule has 1 fully saturated rings. The Kier molecular flexibility index (Phi) is 6.27. The van der Waals surface area contributed by atoms with Crippen molar-refractivity contribution in [2.24, 2.45) is 0 Å². The maximum atomic E-state index is 13.1. The van der Waals surface area contributed by atoms with Gasteiger partial charge in [0.2, 0.25) is 0 Å². The van der Waals surface area contributed by atoms with E-state index in [0.29, 0.717) is 24.3 Å². The zero-order valence-corrected chi connectivity index (χ0v) is 19.0. The summed E-state index contributed by atoms with van der Waals surface area (Å²) in [5.41, 5.74) is 1.81. The average molecular weight is 454 g/mol. The van der Waals surface area contributed by atoms with Gasteiger partial charge in [-0.3, -0.25) is 9.52 Å². The number of aryl methyl sites for hydroxylation is 2. The maximum absolute atomic E-state index is 13.1. The van der Waals surface area contributed by atoms with Gasteiger partial charge in [-0.1, -0.05) is 18.2 Å². The van der Waals surface area contributed by atoms with Crippen LogP contribution in [0.15, 0.2) is 59.8 Å². The average Bonchev–Trinajstić information content (AvgIpc) is 3.27. The minimum absolute atomic E-state index is 0.0655. The molecule has 0 radical (unpaired) electrons. The molecule has 1 N–H and O–H groups in total. The Balaban J connectivity index is 1.46. The lowest BCUT2D eigenvalue weighted by Gasteiger charge is -2.31. The highest BCUT2D eigenvalue weighted by molar-refractivity contribution is 7.92. The van der Waals surface area contributed by atoms with E-state index in [1.54, 1.807) is 41.6 Å². The molecule has 1 aliphatic heterocycles. The second-order valence-electron chi connectivity index (χ2n) is 8.04. The zero-order chi connectivity index (χ0) is 22.7. The standard InChI is InChI=1S/C23H27N5O3S/c1-3-27-16-24-25-22(27)18-10-12-28(13-11-18)23(29)19-7-5-9-21(15-19)32(30,31)26-20-8-4-6-17(2)14-20/h4-9,14-16,18,26H,3,10-13H2,1-2H3. The van der Waals surface area contributed by atoms with Crippen LogP contribution in [0.5, 0.6) is 0 Å². The third-order valence-corrected chi connectivity index (χ3v) is 7.17. The van der Waals surface area contributed by atoms with Gasteiger partial charge in [-0.2, -0.15) is 0 Å². The summed E-state index contributed by atoms with van der Waals surface area (Å²) in [7, 11) is -3.80. The van der Waals surface area contributed by atoms with Crippen LogP contribution in [0.1, 0.15) is 47.4 Å². The number of benzene rings is 2. The SMILES string of the molecule is CCn1cnnc1C1CCN(C(=O)c2cccc(S(=O)(=O)Nc3cccc(C)c3)c2)CC1. The summed E-state index contributed by atoms with van der Waals surface area (Å²) >= 11 is 0. The van der Waals surface area contributed by atoms with Crippen molar-refractivity contribution in [1.82, 2.24) is 19.7 Å². The fourth-order valence-corrected chi connectivity index (χ4v) is 5.16. The number of hydrogen-bond acceptors (Lipinski definition) is 5. The number of hydrogen-bond donors (Lipinski definition) is 1. The van der Waals surface area contributed by atoms with Crippen molar-refractivity contribution in [3.8, 4) is 0 Å². The summed E-state index contributed by atoms with van der Waals surface area (Å²) in [6, 6.07) is 13.4. The normalized spacial score (nSPS) is 15.0. The van der Waals surface area contributed by atoms with Gasteiger partial charge in [-0.05, 0) is 62.6 Å². The molecule has 3 aromatic rings. The number of nitrogens with zero attached hydrogens (tertiary/aromatic N) is 4. The van der Waals surface area contributed by atoms with E-state index < -0.39 is 10.0 Å². The minimum Gasteiger partial charge on any atom is -0.339 e. The summed E-state index contributed by atoms with van der Waals surface area (Å²) in [5, 5.41) is 8.26. The number of amides is 1. The summed E-state index contributed by atoms with van der Waals surface area (Å²) in [5.74, 6) is 1.08. The van der Waals surface area contributed by atoms with Crippen LogP contribution in [0.2, 0.25) is 0 Å². The van der Waals surface area contributed by atoms with E-state index in [9.17, 15) is 13.2 Å². The Hall–Kier alpha value is -3.20. The van der Waals surface area contributed by atoms with Crippen molar-refractivity contribution in [2.45, 2.75) is 44.0 Å². The molecule has 32 heavy (non-hydrogen) atoms. The molecule has 0 saturated carbocycles. The maximum Gasteiger partial charge on any atom is 0.261 e. The molecule has 168 valence electrons. The van der Waals surface area contributed by atoms with Gasteiger partial charge in [0.25, 0.3) is 15.9 Å². The number of carbonyl (C=O) groups is 1. The van der Waals surface area contributed by atoms with E-state index in [2.05, 4.69) is 21.8 Å². The topological polar surface area (TPSA) is 97.2 Å². The van der Waals surface area contributed by atoms with Gasteiger partial charge < -0.3 is 9.47 Å². The van der Waals surface area contributed by atoms with Gasteiger partial charge >= 0.3 is 0 Å². The van der Waals surface area contributed by atoms with Gasteiger partial charge in [0.1, 0.15) is 12.2 Å². The highest BCUT2D eigenvalue weighted by Gasteiger charge is 2.28. The van der Waals surface area contributed by atoms with Gasteiger partial charge in [-0.15, -0.1) is 10.2 Å². The number of rotatable bonds is 6. The van der Waals surface area contributed by atoms with Crippen molar-refractivity contribution in [3.05, 3.63) is 71.8 Å². The van der Waals surface area contributed by atoms with Crippen LogP contribution in [0, 0.1) is 6.92 Å². The molecule has 0 aliphatic carbocycles. The molecule has 1 aliphatic rings. The lowest BCUT2D eigenvalue weighted by Crippen LogP contribution is -2.38. The molecule has 2 heterocycles. The molecule has 4 rings (SSSR count). The Bertz CT molecular complexity index is 1210. The summed E-state index contributed by atoms with van der Waals surface area (Å²) in [4.78, 5) is 14.9. The van der Waals surface area contributed by atoms with Crippen molar-refractivity contribution in [1.29, 1.82) is 0 Å². The lowest BCUT2D eigenvalue weighted by atomic mass is 9.95. The second kappa shape index (κ2) is 9.12. The minimum atomic E-state index is -3.80. The molecule has 2 aromatic carbocycles. The van der Waals surface area contributed by atoms with Gasteiger partial charge in [0, 0.05) is 36.8 Å². The van der Waals surface area contributed by atoms with Crippen LogP contribution >= 0.6 is 0 Å². The first-order valence-corrected chi connectivity index (χ1v) is 12.2. The molecule has 0 bridgehead atoms. The molecular weight excluding hydrogens is 426 g/mol. The third kappa shape index (κ3) is 4.67. The summed E-state index contributed by atoms with van der Waals surface area (Å²) in [6.07, 6.45) is 3.35. The van der Waals surface area contributed by atoms with Crippen molar-refractivity contribution < 1.29 is 13.2 Å². The van der Waals surface area contributed by atoms with Gasteiger partial charge in [0.15, 0.2) is 0 Å². The van der Waals surface area contributed by atoms with Crippen LogP contribution in [0.4, 0.5) is 5.69 Å². The Labute approximate surface area is 188 Å². The smallest absolute Gasteiger partial charge is 0.261 e. The first-order chi connectivity index (χ1) is 15.4. The number of sulfonamides is 1. The number of aromatic nitrogens is 3. The van der Waals surface area contributed by atoms with Crippen LogP contribution in [-0.4, -0.2) is 47.1 Å². The van der Waals surface area contributed by atoms with Gasteiger partial charge in [-0.25, -0.2) is 8.42 Å². The van der Waals surface area contributed by atoms with Crippen LogP contribution in [0.25, 0.3) is 0 Å². The molecule has 9 heteroatoms. The Morgan fingerprint density at radius 3 is 2.59 bits per heavy atom. The van der Waals surface area contributed by atoms with E-state index in [0.717, 1.165) is 30.8 Å². The van der Waals surface area contributed by atoms with E-state index in [1.165, 1.54) is 12.1 Å². The lowest BCUT2D eigenvalue weighted by molar-refractivity contribution is 0.0710. The molecule has 1 saturated heterocycles. The van der Waals surface area contributed by atoms with Crippen LogP contribution in [-0.2, 0) is 16.6 Å². The largest absolute Gasteiger partial charge is 0.339 e. The van der Waals surface area contributed by atoms with E-state index >= 15 is 0 Å². The fourth-order valence-electron chi connectivity index (χ4n) is 4.07. The van der Waals surface area contributed by atoms with Crippen molar-refractivity contribution in [3.63, 3.8) is 0 Å². The second-order valence-corrected chi connectivity index (χ2v) is 9.73. The van der Waals surface area contributed by atoms with Crippen molar-refractivity contribution in [2.75, 3.05) is 17.8 Å². The number of nitrogens with one attached hydrogen (secondary N) is 1. The zero-order valence-electron chi connectivity index (χ0n) is 18.2. The molecule has 0 unspecified atom stereocenters. The highest BCUT2D eigenvalue weighted by Crippen LogP contribution is 2.27. The molecule has 1 amide bonds. The third-order valence-electron chi connectivity index (χ3n) is 5.80. The predicted molar refractivity (Wildman–Crippen MR) is 122 cm³/mol. The first-order valence-electron chi connectivity index (χ1n) is 10.7. The quantitative estimate of drug-likeness (QED) is 0.617. The number of anilines is 1. The summed E-state index contributed by atoms with van der Waals surface area (Å²) < 4.78 is 30.3. The van der Waals surface area contributed by atoms with Crippen LogP contribution < -0.4 is 4.72 Å². The monoisotopic (exact) mass is 453 g/mol. The highest BCUT2D eigenvalue weighted by atomic mass is 32.2. The molecule has 0 spiro atoms. The van der Waals surface area contributed by atoms with Crippen LogP contribution in [0.3, 0.4) is 0 Å². The van der Waals surface area contributed by atoms with E-state index in [4.69, 9.17) is 0 Å². The Morgan fingerprint density at radius 2 is 1.88 bits per heavy atom. The number of carbonyl (C=O) groups excluding carboxylic acids is 1. The molecule has 0 atom stereocenters. The fraction of sp³-hybridized carbons (Fsp3) is 0.348.